The first-order valence-electron chi connectivity index (χ1n) is 13.0. The van der Waals surface area contributed by atoms with E-state index in [4.69, 9.17) is 5.73 Å². The molecular formula is C30H32F3NO2. The van der Waals surface area contributed by atoms with Gasteiger partial charge in [-0.05, 0) is 90.7 Å². The van der Waals surface area contributed by atoms with Crippen molar-refractivity contribution in [1.29, 1.82) is 0 Å². The summed E-state index contributed by atoms with van der Waals surface area (Å²) >= 11 is 0. The van der Waals surface area contributed by atoms with E-state index in [0.717, 1.165) is 38.5 Å². The Bertz CT molecular complexity index is 1200. The first kappa shape index (κ1) is 24.9. The SMILES string of the molecule is C[C@]12C[C@H](c3ccc(N)cc3)C3=C4CCC(=O)C=C4CC[C@H]3[C@@H]1CC[C@@H]2C(=O)CCC#CC(F)(F)F. The summed E-state index contributed by atoms with van der Waals surface area (Å²) in [7, 11) is 0. The molecule has 5 rings (SSSR count). The number of Topliss-reactive ketones (excluding diaryl/α,β-unsaturated/α-hetero) is 1. The number of nitrogen functional groups attached to an aromatic ring is 1. The Morgan fingerprint density at radius 1 is 1.11 bits per heavy atom. The van der Waals surface area contributed by atoms with Crippen LogP contribution < -0.4 is 5.73 Å². The van der Waals surface area contributed by atoms with Gasteiger partial charge in [0.15, 0.2) is 5.78 Å². The maximum atomic E-state index is 13.3. The molecule has 3 nitrogen and oxygen atoms in total. The number of carbonyl (C=O) groups excluding carboxylic acids is 2. The molecule has 1 aromatic rings. The molecule has 5 atom stereocenters. The number of hydrogen-bond donors (Lipinski definition) is 1. The molecule has 0 aromatic heterocycles. The lowest BCUT2D eigenvalue weighted by molar-refractivity contribution is -0.127. The van der Waals surface area contributed by atoms with E-state index in [9.17, 15) is 22.8 Å². The fourth-order valence-corrected chi connectivity index (χ4v) is 7.74. The number of carbonyl (C=O) groups is 2. The second-order valence-corrected chi connectivity index (χ2v) is 11.1. The first-order valence-corrected chi connectivity index (χ1v) is 13.0. The number of nitrogens with two attached hydrogens (primary N) is 1. The van der Waals surface area contributed by atoms with Crippen molar-refractivity contribution in [1.82, 2.24) is 0 Å². The number of halogens is 3. The standard InChI is InChI=1S/C30H32F3NO2/c1-29-17-24(18-5-8-20(34)9-6-18)28-22-12-10-21(35)16-19(22)7-11-23(28)25(29)13-14-26(29)27(36)4-2-3-15-30(31,32)33/h5-6,8-9,16,23-26H,2,4,7,10-14,17,34H2,1H3/t23-,24+,25-,26+,29-/m0/s1. The molecule has 1 aromatic carbocycles. The third-order valence-electron chi connectivity index (χ3n) is 9.19. The number of ketones is 2. The minimum atomic E-state index is -4.52. The number of alkyl halides is 3. The summed E-state index contributed by atoms with van der Waals surface area (Å²) < 4.78 is 37.2. The van der Waals surface area contributed by atoms with Crippen molar-refractivity contribution in [2.24, 2.45) is 23.2 Å². The van der Waals surface area contributed by atoms with Gasteiger partial charge in [-0.15, -0.1) is 0 Å². The lowest BCUT2D eigenvalue weighted by Crippen LogP contribution is -2.45. The van der Waals surface area contributed by atoms with Gasteiger partial charge >= 0.3 is 6.18 Å². The van der Waals surface area contributed by atoms with Crippen LogP contribution in [0.3, 0.4) is 0 Å². The van der Waals surface area contributed by atoms with Gasteiger partial charge in [-0.1, -0.05) is 30.6 Å². The van der Waals surface area contributed by atoms with E-state index in [-0.39, 0.29) is 41.7 Å². The normalized spacial score (nSPS) is 31.6. The van der Waals surface area contributed by atoms with E-state index in [1.807, 2.05) is 18.2 Å². The molecule has 2 saturated carbocycles. The number of fused-ring (bicyclic) bond motifs is 4. The Labute approximate surface area is 210 Å². The van der Waals surface area contributed by atoms with Gasteiger partial charge < -0.3 is 5.73 Å². The van der Waals surface area contributed by atoms with E-state index < -0.39 is 6.18 Å². The third-order valence-corrected chi connectivity index (χ3v) is 9.19. The predicted molar refractivity (Wildman–Crippen MR) is 133 cm³/mol. The quantitative estimate of drug-likeness (QED) is 0.374. The van der Waals surface area contributed by atoms with Crippen LogP contribution in [0.2, 0.25) is 0 Å². The molecule has 6 heteroatoms. The van der Waals surface area contributed by atoms with Crippen LogP contribution in [0.5, 0.6) is 0 Å². The average Bonchev–Trinajstić information content (AvgIpc) is 3.17. The summed E-state index contributed by atoms with van der Waals surface area (Å²) in [6.07, 6.45) is 3.08. The molecular weight excluding hydrogens is 463 g/mol. The molecule has 0 aliphatic heterocycles. The molecule has 0 spiro atoms. The highest BCUT2D eigenvalue weighted by Crippen LogP contribution is 2.65. The Kier molecular flexibility index (Phi) is 6.39. The van der Waals surface area contributed by atoms with Crippen LogP contribution >= 0.6 is 0 Å². The zero-order valence-electron chi connectivity index (χ0n) is 20.6. The van der Waals surface area contributed by atoms with Crippen LogP contribution in [0.4, 0.5) is 18.9 Å². The Morgan fingerprint density at radius 3 is 2.58 bits per heavy atom. The summed E-state index contributed by atoms with van der Waals surface area (Å²) in [5.41, 5.74) is 11.6. The van der Waals surface area contributed by atoms with Crippen LogP contribution in [-0.4, -0.2) is 17.7 Å². The molecule has 4 aliphatic carbocycles. The molecule has 0 radical (unpaired) electrons. The summed E-state index contributed by atoms with van der Waals surface area (Å²) in [5, 5.41) is 0. The number of allylic oxidation sites excluding steroid dienone is 4. The van der Waals surface area contributed by atoms with Gasteiger partial charge in [0.25, 0.3) is 0 Å². The predicted octanol–water partition coefficient (Wildman–Crippen LogP) is 6.70. The van der Waals surface area contributed by atoms with Gasteiger partial charge in [0.05, 0.1) is 0 Å². The van der Waals surface area contributed by atoms with Gasteiger partial charge in [-0.25, -0.2) is 0 Å². The maximum Gasteiger partial charge on any atom is 0.457 e. The van der Waals surface area contributed by atoms with Crippen LogP contribution in [0.15, 0.2) is 47.1 Å². The molecule has 0 heterocycles. The largest absolute Gasteiger partial charge is 0.457 e. The minimum Gasteiger partial charge on any atom is -0.399 e. The first-order chi connectivity index (χ1) is 17.1. The van der Waals surface area contributed by atoms with E-state index in [2.05, 4.69) is 25.0 Å². The van der Waals surface area contributed by atoms with Crippen LogP contribution in [0, 0.1) is 35.0 Å². The highest BCUT2D eigenvalue weighted by Gasteiger charge is 2.57. The average molecular weight is 496 g/mol. The second-order valence-electron chi connectivity index (χ2n) is 11.1. The molecule has 2 N–H and O–H groups in total. The molecule has 0 saturated heterocycles. The Hall–Kier alpha value is -2.81. The summed E-state index contributed by atoms with van der Waals surface area (Å²) in [4.78, 5) is 25.5. The zero-order valence-corrected chi connectivity index (χ0v) is 20.6. The fourth-order valence-electron chi connectivity index (χ4n) is 7.74. The fraction of sp³-hybridized carbons (Fsp3) is 0.533. The topological polar surface area (TPSA) is 60.2 Å². The molecule has 36 heavy (non-hydrogen) atoms. The van der Waals surface area contributed by atoms with Gasteiger partial charge in [0.1, 0.15) is 5.78 Å². The van der Waals surface area contributed by atoms with Crippen molar-refractivity contribution in [2.75, 3.05) is 5.73 Å². The number of rotatable bonds is 4. The Balaban J connectivity index is 1.49. The van der Waals surface area contributed by atoms with Crippen LogP contribution in [0.1, 0.15) is 76.2 Å². The van der Waals surface area contributed by atoms with Crippen molar-refractivity contribution < 1.29 is 22.8 Å². The lowest BCUT2D eigenvalue weighted by Gasteiger charge is -2.52. The number of benzene rings is 1. The van der Waals surface area contributed by atoms with E-state index in [0.29, 0.717) is 23.9 Å². The maximum absolute atomic E-state index is 13.3. The van der Waals surface area contributed by atoms with Gasteiger partial charge in [0, 0.05) is 42.7 Å². The lowest BCUT2D eigenvalue weighted by atomic mass is 9.51. The monoisotopic (exact) mass is 495 g/mol. The third kappa shape index (κ3) is 4.53. The van der Waals surface area contributed by atoms with Crippen molar-refractivity contribution in [3.05, 3.63) is 52.6 Å². The number of hydrogen-bond acceptors (Lipinski definition) is 3. The highest BCUT2D eigenvalue weighted by molar-refractivity contribution is 5.93. The molecule has 0 bridgehead atoms. The highest BCUT2D eigenvalue weighted by atomic mass is 19.4. The van der Waals surface area contributed by atoms with Gasteiger partial charge in [-0.2, -0.15) is 13.2 Å². The van der Waals surface area contributed by atoms with E-state index in [1.165, 1.54) is 28.2 Å². The summed E-state index contributed by atoms with van der Waals surface area (Å²) in [6.45, 7) is 2.23. The van der Waals surface area contributed by atoms with Crippen molar-refractivity contribution >= 4 is 17.3 Å². The molecule has 4 aliphatic rings. The van der Waals surface area contributed by atoms with Crippen molar-refractivity contribution in [2.45, 2.75) is 76.8 Å². The Morgan fingerprint density at radius 2 is 1.86 bits per heavy atom. The molecule has 0 unspecified atom stereocenters. The van der Waals surface area contributed by atoms with Gasteiger partial charge in [0.2, 0.25) is 0 Å². The minimum absolute atomic E-state index is 0.0447. The zero-order chi connectivity index (χ0) is 25.7. The van der Waals surface area contributed by atoms with Crippen molar-refractivity contribution in [3.63, 3.8) is 0 Å². The van der Waals surface area contributed by atoms with E-state index in [1.54, 1.807) is 0 Å². The second kappa shape index (κ2) is 9.25. The molecule has 0 amide bonds. The van der Waals surface area contributed by atoms with Crippen LogP contribution in [0.25, 0.3) is 0 Å². The van der Waals surface area contributed by atoms with Crippen LogP contribution in [-0.2, 0) is 9.59 Å². The van der Waals surface area contributed by atoms with Crippen molar-refractivity contribution in [3.8, 4) is 11.8 Å². The van der Waals surface area contributed by atoms with E-state index >= 15 is 0 Å². The summed E-state index contributed by atoms with van der Waals surface area (Å²) in [6, 6.07) is 8.01. The van der Waals surface area contributed by atoms with Gasteiger partial charge in [-0.3, -0.25) is 9.59 Å². The number of anilines is 1. The smallest absolute Gasteiger partial charge is 0.399 e. The summed E-state index contributed by atoms with van der Waals surface area (Å²) in [5.74, 6) is 4.37. The molecule has 190 valence electrons. The molecule has 2 fully saturated rings.